The number of esters is 1. The standard InChI is InChI=1S/C41H49FN4O9/c1-5-53-37(50)41-22-28(41)18-12-7-6-8-13-20-32(43-38(51)55-40(2,3)4)35(48)45-24-29(54-39(52)44-23-27-17-14-19-31(42)30(27)25-44)21-33(45)36(49)46(41)34(47)26-15-10-9-11-16-26/h9-12,14-19,28-29,32-33H,5-8,13,20-25H2,1-4H3,(H,43,51)/b18-12+/t28-,29?,32+,33+,41-/m1/s1. The summed E-state index contributed by atoms with van der Waals surface area (Å²) in [6, 6.07) is 10.2. The van der Waals surface area contributed by atoms with E-state index in [1.54, 1.807) is 58.0 Å². The number of fused-ring (bicyclic) bond motifs is 3. The van der Waals surface area contributed by atoms with Crippen LogP contribution in [0.4, 0.5) is 14.0 Å². The molecule has 13 nitrogen and oxygen atoms in total. The molecular formula is C41H49FN4O9. The van der Waals surface area contributed by atoms with Gasteiger partial charge < -0.3 is 24.4 Å². The summed E-state index contributed by atoms with van der Waals surface area (Å²) in [5, 5.41) is 2.70. The van der Waals surface area contributed by atoms with Crippen LogP contribution in [0.2, 0.25) is 0 Å². The molecule has 2 aromatic rings. The first-order valence-corrected chi connectivity index (χ1v) is 19.0. The molecule has 5 amide bonds. The molecule has 2 aromatic carbocycles. The van der Waals surface area contributed by atoms with Crippen LogP contribution in [-0.2, 0) is 41.7 Å². The molecule has 4 aliphatic rings. The third kappa shape index (κ3) is 8.52. The van der Waals surface area contributed by atoms with Gasteiger partial charge in [-0.15, -0.1) is 0 Å². The van der Waals surface area contributed by atoms with Crippen molar-refractivity contribution >= 4 is 35.9 Å². The van der Waals surface area contributed by atoms with E-state index in [-0.39, 0.29) is 51.1 Å². The molecule has 5 atom stereocenters. The van der Waals surface area contributed by atoms with E-state index in [2.05, 4.69) is 5.32 Å². The normalized spacial score (nSPS) is 26.1. The second kappa shape index (κ2) is 16.2. The van der Waals surface area contributed by atoms with Gasteiger partial charge >= 0.3 is 18.2 Å². The van der Waals surface area contributed by atoms with Gasteiger partial charge in [0.25, 0.3) is 11.8 Å². The Hall–Kier alpha value is -5.27. The lowest BCUT2D eigenvalue weighted by atomic mass is 10.0. The van der Waals surface area contributed by atoms with Crippen LogP contribution >= 0.6 is 0 Å². The van der Waals surface area contributed by atoms with Gasteiger partial charge in [-0.2, -0.15) is 0 Å². The zero-order chi connectivity index (χ0) is 39.5. The quantitative estimate of drug-likeness (QED) is 0.176. The summed E-state index contributed by atoms with van der Waals surface area (Å²) in [5.41, 5.74) is -1.36. The second-order valence-electron chi connectivity index (χ2n) is 15.5. The highest BCUT2D eigenvalue weighted by Crippen LogP contribution is 2.52. The van der Waals surface area contributed by atoms with Crippen molar-refractivity contribution in [3.63, 3.8) is 0 Å². The highest BCUT2D eigenvalue weighted by atomic mass is 19.1. The Morgan fingerprint density at radius 3 is 2.44 bits per heavy atom. The summed E-state index contributed by atoms with van der Waals surface area (Å²) < 4.78 is 31.5. The summed E-state index contributed by atoms with van der Waals surface area (Å²) in [6.07, 6.45) is 4.01. The molecule has 1 saturated carbocycles. The van der Waals surface area contributed by atoms with Crippen molar-refractivity contribution < 1.29 is 47.4 Å². The molecule has 1 aliphatic carbocycles. The van der Waals surface area contributed by atoms with Gasteiger partial charge in [-0.05, 0) is 77.1 Å². The Morgan fingerprint density at radius 1 is 0.964 bits per heavy atom. The first-order chi connectivity index (χ1) is 26.2. The van der Waals surface area contributed by atoms with Gasteiger partial charge in [-0.1, -0.05) is 55.3 Å². The molecule has 0 spiro atoms. The number of nitrogens with zero attached hydrogens (tertiary/aromatic N) is 3. The maximum Gasteiger partial charge on any atom is 0.410 e. The molecule has 3 aliphatic heterocycles. The number of carbonyl (C=O) groups is 6. The monoisotopic (exact) mass is 760 g/mol. The zero-order valence-electron chi connectivity index (χ0n) is 31.8. The third-order valence-corrected chi connectivity index (χ3v) is 10.5. The fourth-order valence-corrected chi connectivity index (χ4v) is 7.72. The molecule has 55 heavy (non-hydrogen) atoms. The molecule has 294 valence electrons. The van der Waals surface area contributed by atoms with Gasteiger partial charge in [0, 0.05) is 30.0 Å². The molecule has 14 heteroatoms. The summed E-state index contributed by atoms with van der Waals surface area (Å²) in [7, 11) is 0. The van der Waals surface area contributed by atoms with E-state index < -0.39 is 76.9 Å². The van der Waals surface area contributed by atoms with Crippen LogP contribution in [-0.4, -0.2) is 93.1 Å². The van der Waals surface area contributed by atoms with Crippen molar-refractivity contribution in [2.75, 3.05) is 13.2 Å². The lowest BCUT2D eigenvalue weighted by Gasteiger charge is -2.35. The first-order valence-electron chi connectivity index (χ1n) is 19.0. The SMILES string of the molecule is CCOC(=O)[C@@]12C[C@H]1/C=C/CCCCC[C@H](NC(=O)OC(C)(C)C)C(=O)N1CC(OC(=O)N3Cc4cccc(F)c4C3)C[C@H]1C(=O)N2C(=O)c1ccccc1. The average Bonchev–Trinajstić information content (AvgIpc) is 3.44. The van der Waals surface area contributed by atoms with Crippen LogP contribution in [0, 0.1) is 11.7 Å². The van der Waals surface area contributed by atoms with Crippen molar-refractivity contribution in [2.45, 2.75) is 115 Å². The number of nitrogens with one attached hydrogen (secondary N) is 1. The number of hydrogen-bond acceptors (Lipinski definition) is 9. The minimum Gasteiger partial charge on any atom is -0.464 e. The lowest BCUT2D eigenvalue weighted by molar-refractivity contribution is -0.157. The summed E-state index contributed by atoms with van der Waals surface area (Å²) in [6.45, 7) is 6.59. The second-order valence-corrected chi connectivity index (χ2v) is 15.5. The van der Waals surface area contributed by atoms with Crippen LogP contribution in [0.15, 0.2) is 60.7 Å². The van der Waals surface area contributed by atoms with Crippen LogP contribution in [0.5, 0.6) is 0 Å². The summed E-state index contributed by atoms with van der Waals surface area (Å²) in [4.78, 5) is 88.3. The number of amides is 5. The Morgan fingerprint density at radius 2 is 1.73 bits per heavy atom. The number of ether oxygens (including phenoxy) is 3. The highest BCUT2D eigenvalue weighted by Gasteiger charge is 2.68. The molecule has 0 aromatic heterocycles. The zero-order valence-corrected chi connectivity index (χ0v) is 31.8. The fourth-order valence-electron chi connectivity index (χ4n) is 7.72. The average molecular weight is 761 g/mol. The van der Waals surface area contributed by atoms with Gasteiger partial charge in [0.1, 0.15) is 29.6 Å². The number of hydrogen-bond donors (Lipinski definition) is 1. The molecular weight excluding hydrogens is 711 g/mol. The van der Waals surface area contributed by atoms with Crippen molar-refractivity contribution in [1.82, 2.24) is 20.0 Å². The Balaban J connectivity index is 1.37. The van der Waals surface area contributed by atoms with E-state index in [1.165, 1.54) is 28.0 Å². The van der Waals surface area contributed by atoms with E-state index in [9.17, 15) is 28.4 Å². The Bertz CT molecular complexity index is 1850. The van der Waals surface area contributed by atoms with E-state index in [1.807, 2.05) is 12.2 Å². The van der Waals surface area contributed by atoms with Crippen molar-refractivity contribution in [1.29, 1.82) is 0 Å². The largest absolute Gasteiger partial charge is 0.464 e. The maximum absolute atomic E-state index is 15.1. The molecule has 2 fully saturated rings. The third-order valence-electron chi connectivity index (χ3n) is 10.5. The van der Waals surface area contributed by atoms with Crippen molar-refractivity contribution in [3.8, 4) is 0 Å². The van der Waals surface area contributed by atoms with E-state index >= 15 is 4.79 Å². The topological polar surface area (TPSA) is 152 Å². The first kappa shape index (κ1) is 39.4. The maximum atomic E-state index is 15.1. The van der Waals surface area contributed by atoms with Gasteiger partial charge in [0.05, 0.1) is 19.7 Å². The minimum atomic E-state index is -1.68. The molecule has 1 saturated heterocycles. The van der Waals surface area contributed by atoms with Crippen LogP contribution in [0.25, 0.3) is 0 Å². The van der Waals surface area contributed by atoms with Gasteiger partial charge in [-0.3, -0.25) is 24.2 Å². The predicted octanol–water partition coefficient (Wildman–Crippen LogP) is 5.65. The lowest BCUT2D eigenvalue weighted by Crippen LogP contribution is -2.59. The number of alkyl carbamates (subject to hydrolysis) is 1. The van der Waals surface area contributed by atoms with Crippen LogP contribution in [0.3, 0.4) is 0 Å². The molecule has 0 radical (unpaired) electrons. The van der Waals surface area contributed by atoms with E-state index in [0.717, 1.165) is 17.7 Å². The molecule has 1 N–H and O–H groups in total. The number of allylic oxidation sites excluding steroid dienone is 1. The highest BCUT2D eigenvalue weighted by molar-refractivity contribution is 6.11. The summed E-state index contributed by atoms with van der Waals surface area (Å²) in [5.74, 6) is -3.93. The smallest absolute Gasteiger partial charge is 0.410 e. The number of halogens is 1. The number of benzene rings is 2. The molecule has 3 heterocycles. The van der Waals surface area contributed by atoms with E-state index in [0.29, 0.717) is 24.0 Å². The molecule has 1 unspecified atom stereocenters. The minimum absolute atomic E-state index is 0.00687. The van der Waals surface area contributed by atoms with Crippen LogP contribution in [0.1, 0.15) is 94.1 Å². The Labute approximate surface area is 320 Å². The summed E-state index contributed by atoms with van der Waals surface area (Å²) >= 11 is 0. The van der Waals surface area contributed by atoms with Gasteiger partial charge in [0.15, 0.2) is 5.54 Å². The number of rotatable bonds is 5. The predicted molar refractivity (Wildman–Crippen MR) is 197 cm³/mol. The number of carbonyl (C=O) groups excluding carboxylic acids is 6. The fraction of sp³-hybridized carbons (Fsp3) is 0.512. The van der Waals surface area contributed by atoms with Crippen LogP contribution < -0.4 is 5.32 Å². The Kier molecular flexibility index (Phi) is 11.6. The molecule has 0 bridgehead atoms. The molecule has 6 rings (SSSR count). The van der Waals surface area contributed by atoms with Gasteiger partial charge in [-0.25, -0.2) is 18.8 Å². The van der Waals surface area contributed by atoms with Crippen molar-refractivity contribution in [3.05, 3.63) is 83.2 Å². The van der Waals surface area contributed by atoms with Crippen molar-refractivity contribution in [2.24, 2.45) is 5.92 Å². The number of imide groups is 1. The van der Waals surface area contributed by atoms with E-state index in [4.69, 9.17) is 14.2 Å². The van der Waals surface area contributed by atoms with Gasteiger partial charge in [0.2, 0.25) is 5.91 Å².